The van der Waals surface area contributed by atoms with Crippen LogP contribution in [0.5, 0.6) is 0 Å². The zero-order valence-electron chi connectivity index (χ0n) is 13.4. The van der Waals surface area contributed by atoms with Gasteiger partial charge < -0.3 is 9.67 Å². The normalized spacial score (nSPS) is 17.2. The average molecular weight is 501 g/mol. The highest BCUT2D eigenvalue weighted by Gasteiger charge is 2.41. The number of aromatic nitrogens is 1. The summed E-state index contributed by atoms with van der Waals surface area (Å²) in [5, 5.41) is 9.83. The summed E-state index contributed by atoms with van der Waals surface area (Å²) in [6.07, 6.45) is -4.37. The first kappa shape index (κ1) is 19.8. The Balaban J connectivity index is 2.38. The van der Waals surface area contributed by atoms with Gasteiger partial charge in [-0.2, -0.15) is 13.2 Å². The third-order valence-electron chi connectivity index (χ3n) is 4.78. The Hall–Kier alpha value is -0.930. The molecule has 1 N–H and O–H groups in total. The highest BCUT2D eigenvalue weighted by atomic mass is 79.9. The van der Waals surface area contributed by atoms with Crippen molar-refractivity contribution in [3.63, 3.8) is 0 Å². The van der Waals surface area contributed by atoms with E-state index in [-0.39, 0.29) is 21.4 Å². The minimum absolute atomic E-state index is 0.00305. The van der Waals surface area contributed by atoms with Crippen LogP contribution in [-0.2, 0) is 5.33 Å². The SMILES string of the molecule is O=c1c(Br)c(CBr)n(C2CCCC2)c2cc(C(O)C(F)(F)F)c(F)cc12. The first-order valence-corrected chi connectivity index (χ1v) is 9.95. The van der Waals surface area contributed by atoms with Crippen molar-refractivity contribution in [2.75, 3.05) is 0 Å². The van der Waals surface area contributed by atoms with Gasteiger partial charge in [0.1, 0.15) is 5.82 Å². The van der Waals surface area contributed by atoms with Gasteiger partial charge in [-0.15, -0.1) is 0 Å². The molecule has 0 amide bonds. The van der Waals surface area contributed by atoms with Gasteiger partial charge in [-0.25, -0.2) is 4.39 Å². The topological polar surface area (TPSA) is 42.2 Å². The number of aliphatic hydroxyl groups is 1. The molecule has 1 unspecified atom stereocenters. The number of nitrogens with zero attached hydrogens (tertiary/aromatic N) is 1. The van der Waals surface area contributed by atoms with Crippen LogP contribution >= 0.6 is 31.9 Å². The first-order chi connectivity index (χ1) is 12.2. The lowest BCUT2D eigenvalue weighted by Crippen LogP contribution is -2.23. The van der Waals surface area contributed by atoms with Crippen LogP contribution in [0.1, 0.15) is 49.1 Å². The Morgan fingerprint density at radius 3 is 2.42 bits per heavy atom. The Morgan fingerprint density at radius 2 is 1.88 bits per heavy atom. The molecule has 1 fully saturated rings. The standard InChI is InChI=1S/C17H15Br2F4NO2/c18-7-13-14(19)15(25)10-5-11(20)9(16(26)17(21,22)23)6-12(10)24(13)8-3-1-2-4-8/h5-6,8,16,26H,1-4,7H2. The molecule has 0 spiro atoms. The summed E-state index contributed by atoms with van der Waals surface area (Å²) in [5.74, 6) is -1.25. The number of hydrogen-bond donors (Lipinski definition) is 1. The number of halogens is 6. The molecular weight excluding hydrogens is 486 g/mol. The maximum atomic E-state index is 14.3. The number of rotatable bonds is 3. The van der Waals surface area contributed by atoms with Crippen molar-refractivity contribution in [1.82, 2.24) is 4.57 Å². The van der Waals surface area contributed by atoms with E-state index in [1.165, 1.54) is 0 Å². The number of aliphatic hydroxyl groups excluding tert-OH is 1. The van der Waals surface area contributed by atoms with E-state index in [1.54, 1.807) is 4.57 Å². The lowest BCUT2D eigenvalue weighted by Gasteiger charge is -2.24. The molecule has 0 radical (unpaired) electrons. The predicted molar refractivity (Wildman–Crippen MR) is 97.0 cm³/mol. The Labute approximate surface area is 163 Å². The number of alkyl halides is 4. The largest absolute Gasteiger partial charge is 0.418 e. The molecule has 2 aromatic rings. The molecule has 0 aliphatic heterocycles. The molecular formula is C17H15Br2F4NO2. The van der Waals surface area contributed by atoms with Crippen LogP contribution in [0.25, 0.3) is 10.9 Å². The average Bonchev–Trinajstić information content (AvgIpc) is 3.10. The van der Waals surface area contributed by atoms with Crippen LogP contribution in [0.3, 0.4) is 0 Å². The molecule has 3 nitrogen and oxygen atoms in total. The van der Waals surface area contributed by atoms with Gasteiger partial charge in [0, 0.05) is 28.0 Å². The van der Waals surface area contributed by atoms with Crippen molar-refractivity contribution < 1.29 is 22.7 Å². The summed E-state index contributed by atoms with van der Waals surface area (Å²) < 4.78 is 55.0. The van der Waals surface area contributed by atoms with E-state index in [9.17, 15) is 27.5 Å². The van der Waals surface area contributed by atoms with Crippen LogP contribution in [0.2, 0.25) is 0 Å². The van der Waals surface area contributed by atoms with Crippen LogP contribution < -0.4 is 5.43 Å². The molecule has 0 saturated heterocycles. The zero-order chi connectivity index (χ0) is 19.2. The van der Waals surface area contributed by atoms with Crippen LogP contribution in [0.4, 0.5) is 17.6 Å². The second kappa shape index (κ2) is 7.24. The molecule has 1 aliphatic rings. The molecule has 1 aromatic carbocycles. The van der Waals surface area contributed by atoms with Crippen LogP contribution in [0, 0.1) is 5.82 Å². The summed E-state index contributed by atoms with van der Waals surface area (Å²) in [6.45, 7) is 0. The molecule has 1 atom stereocenters. The number of pyridine rings is 1. The molecule has 142 valence electrons. The third-order valence-corrected chi connectivity index (χ3v) is 6.13. The molecule has 9 heteroatoms. The smallest absolute Gasteiger partial charge is 0.379 e. The van der Waals surface area contributed by atoms with Gasteiger partial charge in [-0.05, 0) is 40.9 Å². The van der Waals surface area contributed by atoms with Crippen molar-refractivity contribution >= 4 is 42.8 Å². The maximum absolute atomic E-state index is 14.3. The quantitative estimate of drug-likeness (QED) is 0.446. The van der Waals surface area contributed by atoms with Crippen molar-refractivity contribution in [2.24, 2.45) is 0 Å². The van der Waals surface area contributed by atoms with Gasteiger partial charge in [-0.3, -0.25) is 4.79 Å². The number of fused-ring (bicyclic) bond motifs is 1. The van der Waals surface area contributed by atoms with Gasteiger partial charge in [0.25, 0.3) is 0 Å². The van der Waals surface area contributed by atoms with E-state index in [2.05, 4.69) is 31.9 Å². The van der Waals surface area contributed by atoms with E-state index in [4.69, 9.17) is 0 Å². The molecule has 1 aliphatic carbocycles. The number of hydrogen-bond acceptors (Lipinski definition) is 2. The van der Waals surface area contributed by atoms with Crippen LogP contribution in [0.15, 0.2) is 21.4 Å². The summed E-state index contributed by atoms with van der Waals surface area (Å²) in [5.41, 5.74) is -0.567. The molecule has 1 heterocycles. The lowest BCUT2D eigenvalue weighted by atomic mass is 10.0. The first-order valence-electron chi connectivity index (χ1n) is 8.03. The van der Waals surface area contributed by atoms with Crippen molar-refractivity contribution in [2.45, 2.75) is 49.3 Å². The van der Waals surface area contributed by atoms with Crippen molar-refractivity contribution in [3.05, 3.63) is 43.9 Å². The molecule has 1 aromatic heterocycles. The number of benzene rings is 1. The highest BCUT2D eigenvalue weighted by Crippen LogP contribution is 2.39. The summed E-state index contributed by atoms with van der Waals surface area (Å²) in [4.78, 5) is 12.6. The van der Waals surface area contributed by atoms with E-state index >= 15 is 0 Å². The van der Waals surface area contributed by atoms with Crippen LogP contribution in [-0.4, -0.2) is 15.8 Å². The highest BCUT2D eigenvalue weighted by molar-refractivity contribution is 9.10. The molecule has 1 saturated carbocycles. The maximum Gasteiger partial charge on any atom is 0.418 e. The summed E-state index contributed by atoms with van der Waals surface area (Å²) in [7, 11) is 0. The van der Waals surface area contributed by atoms with Gasteiger partial charge in [0.05, 0.1) is 9.99 Å². The van der Waals surface area contributed by atoms with Gasteiger partial charge in [0.15, 0.2) is 6.10 Å². The Kier molecular flexibility index (Phi) is 5.52. The third kappa shape index (κ3) is 3.33. The Morgan fingerprint density at radius 1 is 1.27 bits per heavy atom. The lowest BCUT2D eigenvalue weighted by molar-refractivity contribution is -0.207. The van der Waals surface area contributed by atoms with Crippen molar-refractivity contribution in [3.8, 4) is 0 Å². The second-order valence-corrected chi connectivity index (χ2v) is 7.72. The monoisotopic (exact) mass is 499 g/mol. The fourth-order valence-electron chi connectivity index (χ4n) is 3.55. The molecule has 0 bridgehead atoms. The molecule has 26 heavy (non-hydrogen) atoms. The van der Waals surface area contributed by atoms with E-state index in [0.29, 0.717) is 11.0 Å². The summed E-state index contributed by atoms with van der Waals surface area (Å²) in [6, 6.07) is 1.75. The second-order valence-electron chi connectivity index (χ2n) is 6.37. The van der Waals surface area contributed by atoms with Gasteiger partial charge in [-0.1, -0.05) is 28.8 Å². The van der Waals surface area contributed by atoms with E-state index in [0.717, 1.165) is 37.8 Å². The predicted octanol–water partition coefficient (Wildman–Crippen LogP) is 5.51. The minimum atomic E-state index is -5.00. The van der Waals surface area contributed by atoms with Gasteiger partial charge >= 0.3 is 6.18 Å². The summed E-state index contributed by atoms with van der Waals surface area (Å²) >= 11 is 6.57. The van der Waals surface area contributed by atoms with Crippen molar-refractivity contribution in [1.29, 1.82) is 0 Å². The fraction of sp³-hybridized carbons (Fsp3) is 0.471. The van der Waals surface area contributed by atoms with E-state index < -0.39 is 29.1 Å². The minimum Gasteiger partial charge on any atom is -0.379 e. The zero-order valence-corrected chi connectivity index (χ0v) is 16.6. The van der Waals surface area contributed by atoms with E-state index in [1.807, 2.05) is 0 Å². The fourth-order valence-corrected chi connectivity index (χ4v) is 5.02. The molecule has 3 rings (SSSR count). The van der Waals surface area contributed by atoms with Gasteiger partial charge in [0.2, 0.25) is 5.43 Å². The Bertz CT molecular complexity index is 904.